The minimum Gasteiger partial charge on any atom is -0.453 e. The first-order valence-electron chi connectivity index (χ1n) is 5.20. The first kappa shape index (κ1) is 14.1. The molecule has 0 bridgehead atoms. The molecule has 1 amide bonds. The molecule has 0 aromatic carbocycles. The summed E-state index contributed by atoms with van der Waals surface area (Å²) in [6, 6.07) is 3.10. The second-order valence-corrected chi connectivity index (χ2v) is 3.82. The number of rotatable bonds is 3. The number of aromatic nitrogens is 2. The lowest BCUT2D eigenvalue weighted by Crippen LogP contribution is -2.41. The minimum atomic E-state index is -0.640. The average Bonchev–Trinajstić information content (AvgIpc) is 2.33. The Labute approximate surface area is 109 Å². The molecule has 0 radical (unpaired) electrons. The van der Waals surface area contributed by atoms with E-state index in [1.807, 2.05) is 0 Å². The van der Waals surface area contributed by atoms with Crippen LogP contribution in [0.5, 0.6) is 0 Å². The number of alkyl carbamates (subject to hydrolysis) is 1. The van der Waals surface area contributed by atoms with Crippen molar-refractivity contribution in [3.63, 3.8) is 0 Å². The summed E-state index contributed by atoms with van der Waals surface area (Å²) in [6.45, 7) is 2.52. The van der Waals surface area contributed by atoms with Gasteiger partial charge in [0.2, 0.25) is 0 Å². The van der Waals surface area contributed by atoms with Crippen molar-refractivity contribution in [2.45, 2.75) is 13.5 Å². The Morgan fingerprint density at radius 2 is 2.28 bits per heavy atom. The molecule has 0 unspecified atom stereocenters. The van der Waals surface area contributed by atoms with Crippen LogP contribution in [-0.4, -0.2) is 34.6 Å². The zero-order chi connectivity index (χ0) is 13.5. The van der Waals surface area contributed by atoms with Crippen molar-refractivity contribution in [2.24, 2.45) is 0 Å². The molecule has 1 aromatic rings. The van der Waals surface area contributed by atoms with Crippen LogP contribution in [0.25, 0.3) is 0 Å². The fourth-order valence-electron chi connectivity index (χ4n) is 1.17. The molecular weight excluding hydrogens is 256 g/mol. The van der Waals surface area contributed by atoms with Crippen LogP contribution in [0.4, 0.5) is 4.79 Å². The number of amides is 1. The van der Waals surface area contributed by atoms with Crippen LogP contribution in [0.1, 0.15) is 5.69 Å². The van der Waals surface area contributed by atoms with E-state index >= 15 is 0 Å². The molecule has 2 N–H and O–H groups in total. The van der Waals surface area contributed by atoms with Crippen molar-refractivity contribution >= 4 is 23.4 Å². The maximum atomic E-state index is 11.4. The van der Waals surface area contributed by atoms with Crippen molar-refractivity contribution in [3.8, 4) is 0 Å². The summed E-state index contributed by atoms with van der Waals surface area (Å²) in [6.07, 6.45) is -0.640. The molecule has 0 atom stereocenters. The molecule has 98 valence electrons. The zero-order valence-corrected chi connectivity index (χ0v) is 10.9. The molecule has 8 heteroatoms. The van der Waals surface area contributed by atoms with Crippen LogP contribution in [0.2, 0.25) is 0 Å². The SMILES string of the molecule is COC(=O)NC(=S)NCCn1nc(C)ccc1=O. The lowest BCUT2D eigenvalue weighted by molar-refractivity contribution is 0.176. The summed E-state index contributed by atoms with van der Waals surface area (Å²) >= 11 is 4.84. The summed E-state index contributed by atoms with van der Waals surface area (Å²) in [4.78, 5) is 22.2. The molecule has 0 spiro atoms. The highest BCUT2D eigenvalue weighted by Gasteiger charge is 2.03. The van der Waals surface area contributed by atoms with Crippen LogP contribution in [0.15, 0.2) is 16.9 Å². The Morgan fingerprint density at radius 1 is 1.56 bits per heavy atom. The van der Waals surface area contributed by atoms with Crippen molar-refractivity contribution in [3.05, 3.63) is 28.2 Å². The first-order valence-corrected chi connectivity index (χ1v) is 5.61. The molecule has 0 saturated carbocycles. The van der Waals surface area contributed by atoms with Crippen LogP contribution in [0, 0.1) is 6.92 Å². The highest BCUT2D eigenvalue weighted by atomic mass is 32.1. The Hall–Kier alpha value is -1.96. The molecule has 7 nitrogen and oxygen atoms in total. The van der Waals surface area contributed by atoms with E-state index in [4.69, 9.17) is 12.2 Å². The Morgan fingerprint density at radius 3 is 2.94 bits per heavy atom. The van der Waals surface area contributed by atoms with Gasteiger partial charge >= 0.3 is 6.09 Å². The van der Waals surface area contributed by atoms with Gasteiger partial charge in [-0.15, -0.1) is 0 Å². The average molecular weight is 270 g/mol. The molecule has 0 aliphatic carbocycles. The number of methoxy groups -OCH3 is 1. The number of nitrogens with zero attached hydrogens (tertiary/aromatic N) is 2. The number of carbonyl (C=O) groups excluding carboxylic acids is 1. The Bertz CT molecular complexity index is 500. The van der Waals surface area contributed by atoms with E-state index in [-0.39, 0.29) is 10.7 Å². The fourth-order valence-corrected chi connectivity index (χ4v) is 1.36. The van der Waals surface area contributed by atoms with Gasteiger partial charge in [0.1, 0.15) is 0 Å². The number of hydrogen-bond acceptors (Lipinski definition) is 5. The normalized spacial score (nSPS) is 9.67. The molecule has 0 saturated heterocycles. The second kappa shape index (κ2) is 6.70. The molecule has 1 heterocycles. The first-order chi connectivity index (χ1) is 8.52. The van der Waals surface area contributed by atoms with Gasteiger partial charge in [-0.1, -0.05) is 0 Å². The van der Waals surface area contributed by atoms with Gasteiger partial charge in [0.05, 0.1) is 19.3 Å². The molecular formula is C10H14N4O3S. The molecule has 1 aromatic heterocycles. The minimum absolute atomic E-state index is 0.141. The van der Waals surface area contributed by atoms with E-state index in [0.29, 0.717) is 13.1 Å². The van der Waals surface area contributed by atoms with Crippen LogP contribution >= 0.6 is 12.2 Å². The molecule has 0 aliphatic rings. The largest absolute Gasteiger partial charge is 0.453 e. The topological polar surface area (TPSA) is 85.2 Å². The van der Waals surface area contributed by atoms with E-state index < -0.39 is 6.09 Å². The number of nitrogens with one attached hydrogen (secondary N) is 2. The number of thiocarbonyl (C=S) groups is 1. The summed E-state index contributed by atoms with van der Waals surface area (Å²) in [5.74, 6) is 0. The smallest absolute Gasteiger partial charge is 0.413 e. The van der Waals surface area contributed by atoms with Gasteiger partial charge in [-0.3, -0.25) is 10.1 Å². The lowest BCUT2D eigenvalue weighted by atomic mass is 10.4. The maximum Gasteiger partial charge on any atom is 0.413 e. The third kappa shape index (κ3) is 4.50. The molecule has 1 rings (SSSR count). The van der Waals surface area contributed by atoms with Crippen molar-refractivity contribution in [1.82, 2.24) is 20.4 Å². The van der Waals surface area contributed by atoms with Gasteiger partial charge in [-0.05, 0) is 25.2 Å². The quantitative estimate of drug-likeness (QED) is 0.739. The molecule has 0 fully saturated rings. The van der Waals surface area contributed by atoms with Crippen molar-refractivity contribution in [2.75, 3.05) is 13.7 Å². The van der Waals surface area contributed by atoms with Crippen molar-refractivity contribution in [1.29, 1.82) is 0 Å². The fraction of sp³-hybridized carbons (Fsp3) is 0.400. The standard InChI is InChI=1S/C10H14N4O3S/c1-7-3-4-8(15)14(13-7)6-5-11-9(18)12-10(16)17-2/h3-4H,5-6H2,1-2H3,(H2,11,12,16,18). The summed E-state index contributed by atoms with van der Waals surface area (Å²) in [5, 5.41) is 9.25. The number of carbonyl (C=O) groups is 1. The predicted octanol–water partition coefficient (Wildman–Crippen LogP) is -0.218. The van der Waals surface area contributed by atoms with Gasteiger partial charge in [0, 0.05) is 12.6 Å². The van der Waals surface area contributed by atoms with Crippen LogP contribution in [-0.2, 0) is 11.3 Å². The highest BCUT2D eigenvalue weighted by molar-refractivity contribution is 7.80. The second-order valence-electron chi connectivity index (χ2n) is 3.41. The number of hydrogen-bond donors (Lipinski definition) is 2. The van der Waals surface area contributed by atoms with Gasteiger partial charge in [0.15, 0.2) is 5.11 Å². The molecule has 18 heavy (non-hydrogen) atoms. The Kier molecular flexibility index (Phi) is 5.25. The van der Waals surface area contributed by atoms with E-state index in [9.17, 15) is 9.59 Å². The van der Waals surface area contributed by atoms with Gasteiger partial charge < -0.3 is 10.1 Å². The van der Waals surface area contributed by atoms with Crippen molar-refractivity contribution < 1.29 is 9.53 Å². The van der Waals surface area contributed by atoms with E-state index in [2.05, 4.69) is 20.5 Å². The highest BCUT2D eigenvalue weighted by Crippen LogP contribution is 1.85. The monoisotopic (exact) mass is 270 g/mol. The van der Waals surface area contributed by atoms with E-state index in [1.165, 1.54) is 17.9 Å². The third-order valence-corrected chi connectivity index (χ3v) is 2.26. The Balaban J connectivity index is 2.42. The lowest BCUT2D eigenvalue weighted by Gasteiger charge is -2.09. The van der Waals surface area contributed by atoms with Gasteiger partial charge in [-0.2, -0.15) is 5.10 Å². The van der Waals surface area contributed by atoms with Crippen LogP contribution in [0.3, 0.4) is 0 Å². The summed E-state index contributed by atoms with van der Waals surface area (Å²) in [5.41, 5.74) is 0.569. The summed E-state index contributed by atoms with van der Waals surface area (Å²) < 4.78 is 5.70. The zero-order valence-electron chi connectivity index (χ0n) is 10.1. The van der Waals surface area contributed by atoms with Crippen LogP contribution < -0.4 is 16.2 Å². The number of aryl methyl sites for hydroxylation is 1. The molecule has 0 aliphatic heterocycles. The predicted molar refractivity (Wildman–Crippen MR) is 69.4 cm³/mol. The third-order valence-electron chi connectivity index (χ3n) is 2.01. The van der Waals surface area contributed by atoms with E-state index in [0.717, 1.165) is 5.69 Å². The number of ether oxygens (including phenoxy) is 1. The maximum absolute atomic E-state index is 11.4. The summed E-state index contributed by atoms with van der Waals surface area (Å²) in [7, 11) is 1.24. The van der Waals surface area contributed by atoms with Gasteiger partial charge in [0.25, 0.3) is 5.56 Å². The van der Waals surface area contributed by atoms with Gasteiger partial charge in [-0.25, -0.2) is 9.48 Å². The van der Waals surface area contributed by atoms with E-state index in [1.54, 1.807) is 13.0 Å².